The van der Waals surface area contributed by atoms with Gasteiger partial charge in [0, 0.05) is 12.7 Å². The summed E-state index contributed by atoms with van der Waals surface area (Å²) in [5.74, 6) is -0.0541. The fraction of sp³-hybridized carbons (Fsp3) is 0.286. The number of sulfone groups is 1. The summed E-state index contributed by atoms with van der Waals surface area (Å²) in [6.45, 7) is 3.86. The highest BCUT2D eigenvalue weighted by Crippen LogP contribution is 2.26. The lowest BCUT2D eigenvalue weighted by atomic mass is 10.2. The van der Waals surface area contributed by atoms with Crippen molar-refractivity contribution >= 4 is 33.2 Å². The van der Waals surface area contributed by atoms with Crippen LogP contribution in [-0.4, -0.2) is 34.3 Å². The number of hydrogen-bond donors (Lipinski definition) is 1. The Morgan fingerprint density at radius 3 is 2.43 bits per heavy atom. The SMILES string of the molecule is CCC(Sc1nnc(CS(=O)(=O)c2ccccc2)n1C)C(=O)Nc1ccccc1C. The van der Waals surface area contributed by atoms with Gasteiger partial charge in [-0.15, -0.1) is 10.2 Å². The van der Waals surface area contributed by atoms with E-state index in [-0.39, 0.29) is 21.8 Å². The molecule has 158 valence electrons. The number of nitrogens with zero attached hydrogens (tertiary/aromatic N) is 3. The van der Waals surface area contributed by atoms with Crippen molar-refractivity contribution < 1.29 is 13.2 Å². The van der Waals surface area contributed by atoms with Gasteiger partial charge in [0.25, 0.3) is 0 Å². The van der Waals surface area contributed by atoms with Crippen molar-refractivity contribution in [2.24, 2.45) is 7.05 Å². The van der Waals surface area contributed by atoms with Crippen LogP contribution in [0, 0.1) is 6.92 Å². The minimum atomic E-state index is -3.53. The summed E-state index contributed by atoms with van der Waals surface area (Å²) in [5.41, 5.74) is 1.76. The standard InChI is InChI=1S/C21H24N4O3S2/c1-4-18(20(26)22-17-13-9-8-10-15(17)2)29-21-24-23-19(25(21)3)14-30(27,28)16-11-6-5-7-12-16/h5-13,18H,4,14H2,1-3H3,(H,22,26). The van der Waals surface area contributed by atoms with E-state index in [2.05, 4.69) is 15.5 Å². The highest BCUT2D eigenvalue weighted by atomic mass is 32.2. The van der Waals surface area contributed by atoms with E-state index in [1.165, 1.54) is 11.8 Å². The Labute approximate surface area is 180 Å². The number of rotatable bonds is 8. The smallest absolute Gasteiger partial charge is 0.237 e. The largest absolute Gasteiger partial charge is 0.325 e. The molecule has 1 amide bonds. The van der Waals surface area contributed by atoms with Crippen molar-refractivity contribution in [2.45, 2.75) is 41.3 Å². The van der Waals surface area contributed by atoms with Crippen LogP contribution in [0.25, 0.3) is 0 Å². The summed E-state index contributed by atoms with van der Waals surface area (Å²) in [4.78, 5) is 13.0. The van der Waals surface area contributed by atoms with Crippen LogP contribution in [-0.2, 0) is 27.4 Å². The molecule has 1 N–H and O–H groups in total. The van der Waals surface area contributed by atoms with Gasteiger partial charge >= 0.3 is 0 Å². The van der Waals surface area contributed by atoms with Crippen LogP contribution >= 0.6 is 11.8 Å². The van der Waals surface area contributed by atoms with Crippen molar-refractivity contribution in [1.82, 2.24) is 14.8 Å². The second-order valence-electron chi connectivity index (χ2n) is 6.85. The first-order chi connectivity index (χ1) is 14.3. The van der Waals surface area contributed by atoms with Crippen LogP contribution < -0.4 is 5.32 Å². The molecule has 1 heterocycles. The number of aryl methyl sites for hydroxylation is 1. The van der Waals surface area contributed by atoms with Gasteiger partial charge in [0.1, 0.15) is 11.6 Å². The Hall–Kier alpha value is -2.65. The van der Waals surface area contributed by atoms with E-state index in [9.17, 15) is 13.2 Å². The van der Waals surface area contributed by atoms with Gasteiger partial charge < -0.3 is 9.88 Å². The summed E-state index contributed by atoms with van der Waals surface area (Å²) in [6, 6.07) is 15.8. The molecule has 3 rings (SSSR count). The second-order valence-corrected chi connectivity index (χ2v) is 10.0. The molecule has 0 aliphatic carbocycles. The summed E-state index contributed by atoms with van der Waals surface area (Å²) >= 11 is 1.27. The molecule has 9 heteroatoms. The minimum absolute atomic E-state index is 0.127. The predicted octanol–water partition coefficient (Wildman–Crippen LogP) is 3.61. The number of anilines is 1. The number of amides is 1. The molecule has 1 aromatic heterocycles. The average Bonchev–Trinajstić information content (AvgIpc) is 3.07. The Balaban J connectivity index is 1.73. The van der Waals surface area contributed by atoms with Crippen LogP contribution in [0.5, 0.6) is 0 Å². The van der Waals surface area contributed by atoms with Crippen molar-refractivity contribution in [3.63, 3.8) is 0 Å². The summed E-state index contributed by atoms with van der Waals surface area (Å²) in [6.07, 6.45) is 0.590. The normalized spacial score (nSPS) is 12.5. The highest BCUT2D eigenvalue weighted by Gasteiger charge is 2.24. The van der Waals surface area contributed by atoms with Gasteiger partial charge in [0.15, 0.2) is 15.0 Å². The van der Waals surface area contributed by atoms with Gasteiger partial charge in [0.05, 0.1) is 10.1 Å². The second kappa shape index (κ2) is 9.44. The van der Waals surface area contributed by atoms with E-state index < -0.39 is 9.84 Å². The number of carbonyl (C=O) groups is 1. The lowest BCUT2D eigenvalue weighted by Crippen LogP contribution is -2.25. The van der Waals surface area contributed by atoms with Crippen LogP contribution in [0.2, 0.25) is 0 Å². The molecule has 1 unspecified atom stereocenters. The molecule has 2 aromatic carbocycles. The Kier molecular flexibility index (Phi) is 6.94. The Bertz CT molecular complexity index is 1130. The van der Waals surface area contributed by atoms with E-state index in [1.807, 2.05) is 38.1 Å². The van der Waals surface area contributed by atoms with Crippen molar-refractivity contribution in [1.29, 1.82) is 0 Å². The number of aromatic nitrogens is 3. The van der Waals surface area contributed by atoms with Crippen LogP contribution in [0.4, 0.5) is 5.69 Å². The fourth-order valence-electron chi connectivity index (χ4n) is 2.83. The zero-order chi connectivity index (χ0) is 21.7. The zero-order valence-corrected chi connectivity index (χ0v) is 18.7. The van der Waals surface area contributed by atoms with Gasteiger partial charge in [-0.05, 0) is 37.1 Å². The summed E-state index contributed by atoms with van der Waals surface area (Å²) < 4.78 is 26.9. The highest BCUT2D eigenvalue weighted by molar-refractivity contribution is 8.00. The minimum Gasteiger partial charge on any atom is -0.325 e. The number of para-hydroxylation sites is 1. The molecular formula is C21H24N4O3S2. The maximum absolute atomic E-state index is 12.7. The molecule has 0 saturated carbocycles. The molecule has 0 bridgehead atoms. The number of thioether (sulfide) groups is 1. The molecule has 0 fully saturated rings. The van der Waals surface area contributed by atoms with E-state index in [0.29, 0.717) is 17.4 Å². The Morgan fingerprint density at radius 2 is 1.77 bits per heavy atom. The first kappa shape index (κ1) is 22.0. The molecule has 1 atom stereocenters. The monoisotopic (exact) mass is 444 g/mol. The zero-order valence-electron chi connectivity index (χ0n) is 17.1. The number of nitrogens with one attached hydrogen (secondary N) is 1. The summed E-state index contributed by atoms with van der Waals surface area (Å²) in [5, 5.41) is 11.2. The van der Waals surface area contributed by atoms with Crippen molar-refractivity contribution in [3.05, 3.63) is 66.0 Å². The van der Waals surface area contributed by atoms with Crippen LogP contribution in [0.15, 0.2) is 64.6 Å². The first-order valence-electron chi connectivity index (χ1n) is 9.51. The topological polar surface area (TPSA) is 93.9 Å². The van der Waals surface area contributed by atoms with Gasteiger partial charge in [-0.2, -0.15) is 0 Å². The third-order valence-corrected chi connectivity index (χ3v) is 7.69. The molecule has 0 radical (unpaired) electrons. The molecule has 30 heavy (non-hydrogen) atoms. The number of carbonyl (C=O) groups excluding carboxylic acids is 1. The van der Waals surface area contributed by atoms with Crippen LogP contribution in [0.3, 0.4) is 0 Å². The Morgan fingerprint density at radius 1 is 1.10 bits per heavy atom. The third-order valence-electron chi connectivity index (χ3n) is 4.66. The maximum atomic E-state index is 12.7. The van der Waals surface area contributed by atoms with E-state index >= 15 is 0 Å². The average molecular weight is 445 g/mol. The molecular weight excluding hydrogens is 420 g/mol. The van der Waals surface area contributed by atoms with E-state index in [0.717, 1.165) is 11.3 Å². The van der Waals surface area contributed by atoms with Gasteiger partial charge in [0.2, 0.25) is 5.91 Å². The van der Waals surface area contributed by atoms with E-state index in [4.69, 9.17) is 0 Å². The molecule has 7 nitrogen and oxygen atoms in total. The fourth-order valence-corrected chi connectivity index (χ4v) is 5.10. The lowest BCUT2D eigenvalue weighted by molar-refractivity contribution is -0.115. The van der Waals surface area contributed by atoms with Crippen LogP contribution in [0.1, 0.15) is 24.7 Å². The van der Waals surface area contributed by atoms with Gasteiger partial charge in [-0.1, -0.05) is 55.1 Å². The molecule has 0 saturated heterocycles. The molecule has 0 spiro atoms. The van der Waals surface area contributed by atoms with Crippen molar-refractivity contribution in [3.8, 4) is 0 Å². The van der Waals surface area contributed by atoms with Crippen molar-refractivity contribution in [2.75, 3.05) is 5.32 Å². The summed E-state index contributed by atoms with van der Waals surface area (Å²) in [7, 11) is -1.82. The van der Waals surface area contributed by atoms with Gasteiger partial charge in [-0.25, -0.2) is 8.42 Å². The quantitative estimate of drug-likeness (QED) is 0.534. The van der Waals surface area contributed by atoms with E-state index in [1.54, 1.807) is 41.9 Å². The molecule has 3 aromatic rings. The first-order valence-corrected chi connectivity index (χ1v) is 12.0. The predicted molar refractivity (Wildman–Crippen MR) is 118 cm³/mol. The molecule has 0 aliphatic heterocycles. The van der Waals surface area contributed by atoms with Gasteiger partial charge in [-0.3, -0.25) is 4.79 Å². The third kappa shape index (κ3) is 5.09. The molecule has 0 aliphatic rings. The number of hydrogen-bond acceptors (Lipinski definition) is 6. The lowest BCUT2D eigenvalue weighted by Gasteiger charge is -2.15. The number of benzene rings is 2. The maximum Gasteiger partial charge on any atom is 0.237 e.